The van der Waals surface area contributed by atoms with E-state index in [-0.39, 0.29) is 5.75 Å². The predicted molar refractivity (Wildman–Crippen MR) is 110 cm³/mol. The zero-order chi connectivity index (χ0) is 20.1. The largest absolute Gasteiger partial charge is 0.519 e. The number of carbonyl (C=O) groups excluding carboxylic acids is 1. The van der Waals surface area contributed by atoms with E-state index in [1.807, 2.05) is 78.9 Å². The lowest BCUT2D eigenvalue weighted by Gasteiger charge is -2.15. The van der Waals surface area contributed by atoms with Crippen molar-refractivity contribution in [1.29, 1.82) is 0 Å². The summed E-state index contributed by atoms with van der Waals surface area (Å²) in [6.45, 7) is 0. The van der Waals surface area contributed by atoms with Crippen LogP contribution in [0.5, 0.6) is 11.5 Å². The Labute approximate surface area is 168 Å². The fraction of sp³-hybridized carbons (Fsp3) is 0. The lowest BCUT2D eigenvalue weighted by atomic mass is 9.97. The Balaban J connectivity index is 1.75. The molecule has 4 aromatic carbocycles. The highest BCUT2D eigenvalue weighted by Crippen LogP contribution is 2.39. The van der Waals surface area contributed by atoms with Crippen LogP contribution in [0.15, 0.2) is 103 Å². The van der Waals surface area contributed by atoms with Crippen LogP contribution in [0.3, 0.4) is 0 Å². The molecule has 0 N–H and O–H groups in total. The fourth-order valence-electron chi connectivity index (χ4n) is 3.06. The normalized spacial score (nSPS) is 10.4. The topological polar surface area (TPSA) is 35.5 Å². The molecule has 3 nitrogen and oxygen atoms in total. The van der Waals surface area contributed by atoms with E-state index in [1.165, 1.54) is 18.2 Å². The van der Waals surface area contributed by atoms with E-state index in [1.54, 1.807) is 6.07 Å². The molecule has 0 aromatic heterocycles. The average Bonchev–Trinajstić information content (AvgIpc) is 2.77. The molecule has 4 aromatic rings. The van der Waals surface area contributed by atoms with Gasteiger partial charge in [-0.15, -0.1) is 0 Å². The summed E-state index contributed by atoms with van der Waals surface area (Å²) in [4.78, 5) is 12.5. The highest BCUT2D eigenvalue weighted by Gasteiger charge is 2.19. The van der Waals surface area contributed by atoms with Crippen molar-refractivity contribution in [2.75, 3.05) is 0 Å². The van der Waals surface area contributed by atoms with Crippen LogP contribution in [0.25, 0.3) is 22.3 Å². The summed E-state index contributed by atoms with van der Waals surface area (Å²) in [7, 11) is 0. The molecule has 4 heteroatoms. The van der Waals surface area contributed by atoms with Gasteiger partial charge in [-0.1, -0.05) is 91.0 Å². The first-order valence-electron chi connectivity index (χ1n) is 9.10. The van der Waals surface area contributed by atoms with Crippen LogP contribution in [0.2, 0.25) is 0 Å². The molecule has 0 unspecified atom stereocenters. The van der Waals surface area contributed by atoms with E-state index in [4.69, 9.17) is 9.47 Å². The SMILES string of the molecule is O=C(Oc1ccccc1F)Oc1c(-c2ccccc2)cccc1-c1ccccc1. The third kappa shape index (κ3) is 4.17. The predicted octanol–water partition coefficient (Wildman–Crippen LogP) is 6.74. The van der Waals surface area contributed by atoms with Gasteiger partial charge in [0.25, 0.3) is 0 Å². The molecule has 29 heavy (non-hydrogen) atoms. The summed E-state index contributed by atoms with van der Waals surface area (Å²) >= 11 is 0. The first kappa shape index (κ1) is 18.4. The molecular weight excluding hydrogens is 367 g/mol. The summed E-state index contributed by atoms with van der Waals surface area (Å²) < 4.78 is 24.6. The van der Waals surface area contributed by atoms with Gasteiger partial charge in [-0.05, 0) is 23.3 Å². The minimum atomic E-state index is -1.00. The van der Waals surface area contributed by atoms with Gasteiger partial charge in [0.1, 0.15) is 5.75 Å². The first-order valence-corrected chi connectivity index (χ1v) is 9.10. The monoisotopic (exact) mass is 384 g/mol. The molecular formula is C25H17FO3. The van der Waals surface area contributed by atoms with Gasteiger partial charge in [0, 0.05) is 11.1 Å². The molecule has 0 radical (unpaired) electrons. The molecule has 0 saturated heterocycles. The van der Waals surface area contributed by atoms with E-state index in [2.05, 4.69) is 0 Å². The molecule has 0 amide bonds. The van der Waals surface area contributed by atoms with Gasteiger partial charge in [-0.3, -0.25) is 0 Å². The first-order chi connectivity index (χ1) is 14.2. The maximum Gasteiger partial charge on any atom is 0.519 e. The van der Waals surface area contributed by atoms with Gasteiger partial charge in [-0.2, -0.15) is 0 Å². The van der Waals surface area contributed by atoms with Gasteiger partial charge in [0.15, 0.2) is 11.6 Å². The summed E-state index contributed by atoms with van der Waals surface area (Å²) in [5, 5.41) is 0. The van der Waals surface area contributed by atoms with Crippen LogP contribution in [0, 0.1) is 5.82 Å². The van der Waals surface area contributed by atoms with Gasteiger partial charge in [0.05, 0.1) is 0 Å². The van der Waals surface area contributed by atoms with Crippen molar-refractivity contribution in [1.82, 2.24) is 0 Å². The van der Waals surface area contributed by atoms with Gasteiger partial charge in [-0.25, -0.2) is 9.18 Å². The second-order valence-corrected chi connectivity index (χ2v) is 6.30. The fourth-order valence-corrected chi connectivity index (χ4v) is 3.06. The number of para-hydroxylation sites is 2. The van der Waals surface area contributed by atoms with Crippen molar-refractivity contribution in [3.05, 3.63) is 109 Å². The highest BCUT2D eigenvalue weighted by molar-refractivity contribution is 5.85. The van der Waals surface area contributed by atoms with Crippen LogP contribution < -0.4 is 9.47 Å². The van der Waals surface area contributed by atoms with Gasteiger partial charge < -0.3 is 9.47 Å². The van der Waals surface area contributed by atoms with Crippen LogP contribution >= 0.6 is 0 Å². The number of hydrogen-bond acceptors (Lipinski definition) is 3. The van der Waals surface area contributed by atoms with Crippen LogP contribution in [0.1, 0.15) is 0 Å². The lowest BCUT2D eigenvalue weighted by molar-refractivity contribution is 0.150. The molecule has 0 fully saturated rings. The van der Waals surface area contributed by atoms with E-state index in [9.17, 15) is 9.18 Å². The van der Waals surface area contributed by atoms with Crippen LogP contribution in [0.4, 0.5) is 9.18 Å². The van der Waals surface area contributed by atoms with E-state index in [0.717, 1.165) is 22.3 Å². The number of benzene rings is 4. The Morgan fingerprint density at radius 2 is 1.10 bits per heavy atom. The smallest absolute Gasteiger partial charge is 0.393 e. The summed E-state index contributed by atoms with van der Waals surface area (Å²) in [6, 6.07) is 30.5. The quantitative estimate of drug-likeness (QED) is 0.289. The number of ether oxygens (including phenoxy) is 2. The Kier molecular flexibility index (Phi) is 5.34. The third-order valence-corrected chi connectivity index (χ3v) is 4.40. The Morgan fingerprint density at radius 1 is 0.586 bits per heavy atom. The van der Waals surface area contributed by atoms with E-state index in [0.29, 0.717) is 5.75 Å². The Bertz CT molecular complexity index is 1070. The van der Waals surface area contributed by atoms with Crippen molar-refractivity contribution in [3.8, 4) is 33.8 Å². The zero-order valence-electron chi connectivity index (χ0n) is 15.4. The summed E-state index contributed by atoms with van der Waals surface area (Å²) in [5.41, 5.74) is 3.24. The minimum Gasteiger partial charge on any atom is -0.393 e. The second-order valence-electron chi connectivity index (χ2n) is 6.30. The number of rotatable bonds is 4. The van der Waals surface area contributed by atoms with Crippen LogP contribution in [-0.2, 0) is 0 Å². The average molecular weight is 384 g/mol. The van der Waals surface area contributed by atoms with Gasteiger partial charge in [0.2, 0.25) is 0 Å². The molecule has 0 bridgehead atoms. The second kappa shape index (κ2) is 8.40. The summed E-state index contributed by atoms with van der Waals surface area (Å²) in [6.07, 6.45) is -1.00. The van der Waals surface area contributed by atoms with Crippen molar-refractivity contribution >= 4 is 6.16 Å². The lowest BCUT2D eigenvalue weighted by Crippen LogP contribution is -2.15. The molecule has 0 aliphatic carbocycles. The molecule has 0 atom stereocenters. The number of hydrogen-bond donors (Lipinski definition) is 0. The van der Waals surface area contributed by atoms with Crippen molar-refractivity contribution in [3.63, 3.8) is 0 Å². The van der Waals surface area contributed by atoms with Gasteiger partial charge >= 0.3 is 6.16 Å². The Morgan fingerprint density at radius 3 is 1.66 bits per heavy atom. The zero-order valence-corrected chi connectivity index (χ0v) is 15.4. The number of halogens is 1. The van der Waals surface area contributed by atoms with Crippen molar-refractivity contribution < 1.29 is 18.7 Å². The molecule has 0 heterocycles. The molecule has 142 valence electrons. The minimum absolute atomic E-state index is 0.184. The third-order valence-electron chi connectivity index (χ3n) is 4.40. The highest BCUT2D eigenvalue weighted by atomic mass is 19.1. The molecule has 0 spiro atoms. The standard InChI is InChI=1S/C25H17FO3/c26-22-16-7-8-17-23(22)28-25(27)29-24-20(18-10-3-1-4-11-18)14-9-15-21(24)19-12-5-2-6-13-19/h1-17H. The van der Waals surface area contributed by atoms with E-state index >= 15 is 0 Å². The molecule has 0 saturated carbocycles. The van der Waals surface area contributed by atoms with Crippen molar-refractivity contribution in [2.45, 2.75) is 0 Å². The van der Waals surface area contributed by atoms with E-state index < -0.39 is 12.0 Å². The summed E-state index contributed by atoms with van der Waals surface area (Å²) in [5.74, 6) is -0.466. The Hall–Kier alpha value is -3.92. The van der Waals surface area contributed by atoms with Crippen molar-refractivity contribution in [2.24, 2.45) is 0 Å². The number of carbonyl (C=O) groups is 1. The molecule has 0 aliphatic rings. The molecule has 0 aliphatic heterocycles. The maximum absolute atomic E-state index is 13.8. The van der Waals surface area contributed by atoms with Crippen LogP contribution in [-0.4, -0.2) is 6.16 Å². The molecule has 4 rings (SSSR count). The maximum atomic E-state index is 13.8.